The maximum absolute atomic E-state index is 13.1. The number of rotatable bonds is 4. The van der Waals surface area contributed by atoms with E-state index < -0.39 is 52.8 Å². The molecule has 7 atom stereocenters. The van der Waals surface area contributed by atoms with Crippen molar-refractivity contribution in [3.05, 3.63) is 35.9 Å². The smallest absolute Gasteiger partial charge is 0.338 e. The van der Waals surface area contributed by atoms with Crippen LogP contribution in [0.3, 0.4) is 0 Å². The molecule has 1 saturated heterocycles. The van der Waals surface area contributed by atoms with Gasteiger partial charge in [-0.2, -0.15) is 0 Å². The van der Waals surface area contributed by atoms with Crippen LogP contribution in [0.4, 0.5) is 0 Å². The summed E-state index contributed by atoms with van der Waals surface area (Å²) >= 11 is 0. The zero-order valence-corrected chi connectivity index (χ0v) is 20.3. The molecule has 0 aromatic heterocycles. The second kappa shape index (κ2) is 8.12. The molecule has 3 aliphatic rings. The van der Waals surface area contributed by atoms with Crippen molar-refractivity contribution >= 4 is 17.9 Å². The molecule has 7 heteroatoms. The molecule has 33 heavy (non-hydrogen) atoms. The van der Waals surface area contributed by atoms with Crippen LogP contribution in [0.15, 0.2) is 30.3 Å². The van der Waals surface area contributed by atoms with Crippen molar-refractivity contribution in [3.8, 4) is 0 Å². The van der Waals surface area contributed by atoms with Crippen LogP contribution in [-0.4, -0.2) is 47.4 Å². The van der Waals surface area contributed by atoms with Gasteiger partial charge in [-0.05, 0) is 64.0 Å². The molecule has 2 saturated carbocycles. The summed E-state index contributed by atoms with van der Waals surface area (Å²) in [5.41, 5.74) is -1.58. The Morgan fingerprint density at radius 2 is 1.58 bits per heavy atom. The fourth-order valence-corrected chi connectivity index (χ4v) is 6.63. The van der Waals surface area contributed by atoms with Crippen molar-refractivity contribution in [3.63, 3.8) is 0 Å². The number of hydrogen-bond donors (Lipinski definition) is 0. The molecule has 1 spiro atoms. The summed E-state index contributed by atoms with van der Waals surface area (Å²) in [4.78, 5) is 37.3. The quantitative estimate of drug-likeness (QED) is 0.496. The van der Waals surface area contributed by atoms with Crippen molar-refractivity contribution in [2.75, 3.05) is 0 Å². The average molecular weight is 459 g/mol. The minimum absolute atomic E-state index is 0.0128. The highest BCUT2D eigenvalue weighted by Crippen LogP contribution is 2.67. The lowest BCUT2D eigenvalue weighted by atomic mass is 9.49. The largest absolute Gasteiger partial charge is 0.459 e. The Bertz CT molecular complexity index is 941. The highest BCUT2D eigenvalue weighted by molar-refractivity contribution is 5.89. The summed E-state index contributed by atoms with van der Waals surface area (Å²) in [7, 11) is 0. The maximum atomic E-state index is 13.1. The minimum Gasteiger partial charge on any atom is -0.459 e. The first-order valence-corrected chi connectivity index (χ1v) is 11.7. The number of fused-ring (bicyclic) bond motifs is 1. The third-order valence-electron chi connectivity index (χ3n) is 8.24. The van der Waals surface area contributed by atoms with Crippen LogP contribution in [-0.2, 0) is 28.5 Å². The van der Waals surface area contributed by atoms with Crippen LogP contribution >= 0.6 is 0 Å². The molecule has 7 nitrogen and oxygen atoms in total. The molecule has 0 N–H and O–H groups in total. The van der Waals surface area contributed by atoms with Gasteiger partial charge in [-0.1, -0.05) is 25.1 Å². The monoisotopic (exact) mass is 458 g/mol. The van der Waals surface area contributed by atoms with Crippen LogP contribution in [0.2, 0.25) is 0 Å². The first kappa shape index (κ1) is 23.7. The Labute approximate surface area is 195 Å². The van der Waals surface area contributed by atoms with E-state index in [0.29, 0.717) is 18.4 Å². The number of carbonyl (C=O) groups is 3. The molecular weight excluding hydrogens is 424 g/mol. The number of hydrogen-bond acceptors (Lipinski definition) is 7. The molecule has 2 aliphatic carbocycles. The van der Waals surface area contributed by atoms with Crippen LogP contribution in [0.1, 0.15) is 71.2 Å². The highest BCUT2D eigenvalue weighted by atomic mass is 16.6. The van der Waals surface area contributed by atoms with E-state index in [2.05, 4.69) is 20.8 Å². The SMILES string of the molecule is CC(=O)O[C@H]1C[C@@H](C)[C@@]23C[C@@H](C[C@H](OC(=O)c4ccccc4)[C@]2(C)[C@H]1OC(C)=O)C(C)(C)O3. The fourth-order valence-electron chi connectivity index (χ4n) is 6.63. The van der Waals surface area contributed by atoms with Gasteiger partial charge in [0.05, 0.1) is 22.2 Å². The Morgan fingerprint density at radius 1 is 0.939 bits per heavy atom. The summed E-state index contributed by atoms with van der Waals surface area (Å²) in [5.74, 6) is -1.19. The lowest BCUT2D eigenvalue weighted by molar-refractivity contribution is -0.282. The topological polar surface area (TPSA) is 88.1 Å². The molecule has 1 aromatic rings. The van der Waals surface area contributed by atoms with E-state index in [1.54, 1.807) is 24.3 Å². The Hall–Kier alpha value is -2.41. The van der Waals surface area contributed by atoms with E-state index in [-0.39, 0.29) is 11.8 Å². The van der Waals surface area contributed by atoms with Crippen LogP contribution < -0.4 is 0 Å². The molecule has 180 valence electrons. The van der Waals surface area contributed by atoms with E-state index >= 15 is 0 Å². The van der Waals surface area contributed by atoms with Crippen molar-refractivity contribution in [1.29, 1.82) is 0 Å². The third kappa shape index (κ3) is 3.74. The Morgan fingerprint density at radius 3 is 2.18 bits per heavy atom. The van der Waals surface area contributed by atoms with Crippen LogP contribution in [0.25, 0.3) is 0 Å². The number of benzene rings is 1. The van der Waals surface area contributed by atoms with Crippen LogP contribution in [0.5, 0.6) is 0 Å². The van der Waals surface area contributed by atoms with E-state index in [9.17, 15) is 14.4 Å². The predicted octanol–water partition coefficient (Wildman–Crippen LogP) is 4.08. The van der Waals surface area contributed by atoms with Gasteiger partial charge in [0.1, 0.15) is 12.2 Å². The zero-order valence-electron chi connectivity index (χ0n) is 20.3. The normalized spacial score (nSPS) is 38.7. The highest BCUT2D eigenvalue weighted by Gasteiger charge is 2.75. The van der Waals surface area contributed by atoms with Gasteiger partial charge < -0.3 is 18.9 Å². The maximum Gasteiger partial charge on any atom is 0.338 e. The van der Waals surface area contributed by atoms with Gasteiger partial charge in [-0.25, -0.2) is 4.79 Å². The summed E-state index contributed by atoms with van der Waals surface area (Å²) < 4.78 is 24.6. The summed E-state index contributed by atoms with van der Waals surface area (Å²) in [6.45, 7) is 10.9. The molecule has 1 heterocycles. The molecule has 0 radical (unpaired) electrons. The van der Waals surface area contributed by atoms with Gasteiger partial charge in [-0.3, -0.25) is 9.59 Å². The molecule has 0 amide bonds. The molecular formula is C26H34O7. The Kier molecular flexibility index (Phi) is 5.84. The molecule has 2 bridgehead atoms. The predicted molar refractivity (Wildman–Crippen MR) is 119 cm³/mol. The fraction of sp³-hybridized carbons (Fsp3) is 0.654. The number of carbonyl (C=O) groups excluding carboxylic acids is 3. The third-order valence-corrected chi connectivity index (χ3v) is 8.24. The summed E-state index contributed by atoms with van der Waals surface area (Å²) in [6, 6.07) is 8.85. The van der Waals surface area contributed by atoms with Crippen molar-refractivity contribution in [1.82, 2.24) is 0 Å². The van der Waals surface area contributed by atoms with Gasteiger partial charge in [-0.15, -0.1) is 0 Å². The lowest BCUT2D eigenvalue weighted by Crippen LogP contribution is -2.71. The van der Waals surface area contributed by atoms with Crippen molar-refractivity contribution < 1.29 is 33.3 Å². The van der Waals surface area contributed by atoms with E-state index in [0.717, 1.165) is 6.42 Å². The van der Waals surface area contributed by atoms with E-state index in [1.165, 1.54) is 13.8 Å². The van der Waals surface area contributed by atoms with E-state index in [1.807, 2.05) is 13.0 Å². The van der Waals surface area contributed by atoms with Gasteiger partial charge in [0.25, 0.3) is 0 Å². The zero-order chi connectivity index (χ0) is 24.2. The molecule has 3 fully saturated rings. The molecule has 4 rings (SSSR count). The molecule has 1 aliphatic heterocycles. The first-order valence-electron chi connectivity index (χ1n) is 11.7. The Balaban J connectivity index is 1.81. The molecule has 0 unspecified atom stereocenters. The lowest BCUT2D eigenvalue weighted by Gasteiger charge is -2.61. The number of esters is 3. The molecule has 1 aromatic carbocycles. The number of ether oxygens (including phenoxy) is 4. The first-order chi connectivity index (χ1) is 15.4. The summed E-state index contributed by atoms with van der Waals surface area (Å²) in [5, 5.41) is 0. The average Bonchev–Trinajstić information content (AvgIpc) is 2.97. The van der Waals surface area contributed by atoms with Gasteiger partial charge in [0, 0.05) is 13.8 Å². The minimum atomic E-state index is -0.912. The second-order valence-corrected chi connectivity index (χ2v) is 10.6. The van der Waals surface area contributed by atoms with Crippen molar-refractivity contribution in [2.24, 2.45) is 17.3 Å². The van der Waals surface area contributed by atoms with Crippen LogP contribution in [0, 0.1) is 17.3 Å². The van der Waals surface area contributed by atoms with Gasteiger partial charge in [0.2, 0.25) is 0 Å². The summed E-state index contributed by atoms with van der Waals surface area (Å²) in [6.07, 6.45) is -0.217. The van der Waals surface area contributed by atoms with E-state index in [4.69, 9.17) is 18.9 Å². The van der Waals surface area contributed by atoms with Gasteiger partial charge in [0.15, 0.2) is 6.10 Å². The standard InChI is InChI=1S/C26H34O7/c1-15-12-20(30-16(2)27)22(31-17(3)28)25(6)21(32-23(29)18-10-8-7-9-11-18)13-19-14-26(15,25)33-24(19,4)5/h7-11,15,19-22H,12-14H2,1-6H3/t15-,19-,20+,21+,22+,25-,26+/m1/s1. The van der Waals surface area contributed by atoms with Crippen molar-refractivity contribution in [2.45, 2.75) is 90.3 Å². The second-order valence-electron chi connectivity index (χ2n) is 10.6. The van der Waals surface area contributed by atoms with Gasteiger partial charge >= 0.3 is 17.9 Å².